The molecule has 15 heteroatoms. The number of carbonyl (C=O) groups excluding carboxylic acids is 1. The lowest BCUT2D eigenvalue weighted by Gasteiger charge is -2.66. The predicted molar refractivity (Wildman–Crippen MR) is 159 cm³/mol. The van der Waals surface area contributed by atoms with Crippen LogP contribution in [0.15, 0.2) is 0 Å². The van der Waals surface area contributed by atoms with Crippen LogP contribution in [0.2, 0.25) is 0 Å². The fourth-order valence-electron chi connectivity index (χ4n) is 11.7. The summed E-state index contributed by atoms with van der Waals surface area (Å²) < 4.78 is 25.1. The number of Topliss-reactive ketones (excluding diaryl/α,β-unsaturated/α-hetero) is 1. The summed E-state index contributed by atoms with van der Waals surface area (Å²) in [7, 11) is 0. The second kappa shape index (κ2) is 11.6. The van der Waals surface area contributed by atoms with Crippen molar-refractivity contribution in [3.05, 3.63) is 0 Å². The molecule has 10 N–H and O–H groups in total. The molecule has 0 bridgehead atoms. The molecule has 0 aromatic rings. The molecule has 22 unspecified atom stereocenters. The quantitative estimate of drug-likeness (QED) is 0.140. The SMILES string of the molecule is CC1COC2(CC1OC1OC(CO)C(O)C(O)C1O)OC1CC3C4C(O)C(=O)C5(O)C(O)C(O)C(O)C(O)C5(C)C4CCC3(C)C1C2C. The monoisotopic (exact) mass is 688 g/mol. The van der Waals surface area contributed by atoms with Gasteiger partial charge in [-0.05, 0) is 48.3 Å². The molecule has 274 valence electrons. The summed E-state index contributed by atoms with van der Waals surface area (Å²) in [5, 5.41) is 107. The summed E-state index contributed by atoms with van der Waals surface area (Å²) in [4.78, 5) is 13.8. The van der Waals surface area contributed by atoms with Crippen LogP contribution >= 0.6 is 0 Å². The van der Waals surface area contributed by atoms with Crippen LogP contribution in [0.1, 0.15) is 53.4 Å². The van der Waals surface area contributed by atoms with Gasteiger partial charge >= 0.3 is 0 Å². The number of aliphatic hydroxyl groups excluding tert-OH is 9. The van der Waals surface area contributed by atoms with Gasteiger partial charge in [-0.1, -0.05) is 27.7 Å². The maximum atomic E-state index is 13.8. The average Bonchev–Trinajstić information content (AvgIpc) is 3.50. The van der Waals surface area contributed by atoms with Gasteiger partial charge in [0, 0.05) is 23.7 Å². The first kappa shape index (κ1) is 35.5. The normalized spacial score (nSPS) is 62.7. The number of hydrogen-bond acceptors (Lipinski definition) is 15. The van der Waals surface area contributed by atoms with E-state index < -0.39 is 114 Å². The van der Waals surface area contributed by atoms with Crippen LogP contribution in [0.4, 0.5) is 0 Å². The highest BCUT2D eigenvalue weighted by Crippen LogP contribution is 2.71. The third-order valence-electron chi connectivity index (χ3n) is 14.5. The molecular formula is C33H52O15. The fourth-order valence-corrected chi connectivity index (χ4v) is 11.7. The van der Waals surface area contributed by atoms with Gasteiger partial charge in [0.25, 0.3) is 0 Å². The minimum Gasteiger partial charge on any atom is -0.394 e. The minimum absolute atomic E-state index is 0.0880. The Morgan fingerprint density at radius 1 is 0.896 bits per heavy atom. The van der Waals surface area contributed by atoms with E-state index in [1.165, 1.54) is 6.92 Å². The van der Waals surface area contributed by atoms with Gasteiger partial charge in [0.05, 0.1) is 31.5 Å². The second-order valence-electron chi connectivity index (χ2n) is 16.4. The Bertz CT molecular complexity index is 1270. The van der Waals surface area contributed by atoms with Crippen molar-refractivity contribution in [3.63, 3.8) is 0 Å². The number of ether oxygens (including phenoxy) is 4. The standard InChI is InChI=1S/C33H52O15/c1-11-10-45-32(8-16(11)46-29-25(40)22(37)20(35)17(9-34)47-29)12(2)19-15(48-32)7-14-18-13(5-6-30(14,19)3)31(4)26(41)23(38)24(39)28(43)33(31,44)27(42)21(18)36/h11-26,28-29,34-41,43-44H,5-10H2,1-4H3. The lowest BCUT2D eigenvalue weighted by molar-refractivity contribution is -0.345. The molecule has 3 saturated heterocycles. The van der Waals surface area contributed by atoms with Gasteiger partial charge in [0.2, 0.25) is 0 Å². The smallest absolute Gasteiger partial charge is 0.196 e. The number of fused-ring (bicyclic) bond motifs is 7. The maximum Gasteiger partial charge on any atom is 0.196 e. The van der Waals surface area contributed by atoms with Gasteiger partial charge in [-0.25, -0.2) is 0 Å². The molecule has 7 fully saturated rings. The molecule has 15 nitrogen and oxygen atoms in total. The molecule has 22 atom stereocenters. The summed E-state index contributed by atoms with van der Waals surface area (Å²) in [5.74, 6) is -4.30. The van der Waals surface area contributed by atoms with Crippen molar-refractivity contribution in [3.8, 4) is 0 Å². The van der Waals surface area contributed by atoms with Crippen LogP contribution in [0.3, 0.4) is 0 Å². The first-order valence-electron chi connectivity index (χ1n) is 17.4. The van der Waals surface area contributed by atoms with Gasteiger partial charge in [-0.3, -0.25) is 4.79 Å². The Labute approximate surface area is 278 Å². The fraction of sp³-hybridized carbons (Fsp3) is 0.970. The Hall–Kier alpha value is -0.890. The Balaban J connectivity index is 1.14. The largest absolute Gasteiger partial charge is 0.394 e. The van der Waals surface area contributed by atoms with Crippen LogP contribution in [0.25, 0.3) is 0 Å². The zero-order valence-electron chi connectivity index (χ0n) is 27.6. The van der Waals surface area contributed by atoms with Crippen LogP contribution in [0, 0.1) is 46.3 Å². The first-order chi connectivity index (χ1) is 22.4. The number of ketones is 1. The summed E-state index contributed by atoms with van der Waals surface area (Å²) in [5.41, 5.74) is -4.90. The summed E-state index contributed by atoms with van der Waals surface area (Å²) in [6, 6.07) is 0. The van der Waals surface area contributed by atoms with Crippen molar-refractivity contribution >= 4 is 5.78 Å². The molecule has 1 spiro atoms. The van der Waals surface area contributed by atoms with E-state index in [1.807, 2.05) is 13.8 Å². The molecule has 4 aliphatic carbocycles. The molecular weight excluding hydrogens is 636 g/mol. The van der Waals surface area contributed by atoms with E-state index in [9.17, 15) is 55.9 Å². The summed E-state index contributed by atoms with van der Waals surface area (Å²) in [6.45, 7) is 7.19. The molecule has 7 aliphatic rings. The van der Waals surface area contributed by atoms with Gasteiger partial charge in [-0.15, -0.1) is 0 Å². The maximum absolute atomic E-state index is 13.8. The highest BCUT2D eigenvalue weighted by Gasteiger charge is 2.79. The zero-order chi connectivity index (χ0) is 35.0. The van der Waals surface area contributed by atoms with Gasteiger partial charge < -0.3 is 70.0 Å². The molecule has 3 aliphatic heterocycles. The van der Waals surface area contributed by atoms with E-state index >= 15 is 0 Å². The molecule has 0 aromatic heterocycles. The molecule has 0 radical (unpaired) electrons. The minimum atomic E-state index is -2.68. The third-order valence-corrected chi connectivity index (χ3v) is 14.5. The molecule has 0 amide bonds. The first-order valence-corrected chi connectivity index (χ1v) is 17.4. The lowest BCUT2D eigenvalue weighted by atomic mass is 9.40. The van der Waals surface area contributed by atoms with Crippen LogP contribution < -0.4 is 0 Å². The predicted octanol–water partition coefficient (Wildman–Crippen LogP) is -3.23. The van der Waals surface area contributed by atoms with Crippen molar-refractivity contribution in [2.24, 2.45) is 46.3 Å². The van der Waals surface area contributed by atoms with Gasteiger partial charge in [-0.2, -0.15) is 0 Å². The summed E-state index contributed by atoms with van der Waals surface area (Å²) >= 11 is 0. The average molecular weight is 689 g/mol. The highest BCUT2D eigenvalue weighted by molar-refractivity contribution is 5.94. The van der Waals surface area contributed by atoms with Crippen molar-refractivity contribution in [2.75, 3.05) is 13.2 Å². The Morgan fingerprint density at radius 3 is 2.23 bits per heavy atom. The Morgan fingerprint density at radius 2 is 1.56 bits per heavy atom. The van der Waals surface area contributed by atoms with Gasteiger partial charge in [0.1, 0.15) is 48.8 Å². The molecule has 0 aromatic carbocycles. The second-order valence-corrected chi connectivity index (χ2v) is 16.4. The number of rotatable bonds is 3. The van der Waals surface area contributed by atoms with E-state index in [0.717, 1.165) is 0 Å². The molecule has 48 heavy (non-hydrogen) atoms. The van der Waals surface area contributed by atoms with Crippen molar-refractivity contribution in [2.45, 2.75) is 138 Å². The molecule has 7 rings (SSSR count). The van der Waals surface area contributed by atoms with Crippen LogP contribution in [-0.4, -0.2) is 155 Å². The van der Waals surface area contributed by atoms with Crippen molar-refractivity contribution < 1.29 is 74.8 Å². The van der Waals surface area contributed by atoms with Crippen molar-refractivity contribution in [1.29, 1.82) is 0 Å². The Kier molecular flexibility index (Phi) is 8.55. The molecule has 3 heterocycles. The van der Waals surface area contributed by atoms with E-state index in [2.05, 4.69) is 6.92 Å². The van der Waals surface area contributed by atoms with Gasteiger partial charge in [0.15, 0.2) is 23.5 Å². The van der Waals surface area contributed by atoms with E-state index in [1.54, 1.807) is 0 Å². The third kappa shape index (κ3) is 4.35. The van der Waals surface area contributed by atoms with Crippen LogP contribution in [-0.2, 0) is 23.7 Å². The van der Waals surface area contributed by atoms with E-state index in [-0.39, 0.29) is 42.8 Å². The lowest BCUT2D eigenvalue weighted by Crippen LogP contribution is -2.82. The summed E-state index contributed by atoms with van der Waals surface area (Å²) in [6.07, 6.45) is -15.7. The topological polar surface area (TPSA) is 256 Å². The van der Waals surface area contributed by atoms with Crippen molar-refractivity contribution in [1.82, 2.24) is 0 Å². The number of aliphatic hydroxyl groups is 10. The van der Waals surface area contributed by atoms with E-state index in [0.29, 0.717) is 19.3 Å². The number of carbonyl (C=O) groups is 1. The van der Waals surface area contributed by atoms with Crippen LogP contribution in [0.5, 0.6) is 0 Å². The zero-order valence-corrected chi connectivity index (χ0v) is 27.6. The number of hydrogen-bond donors (Lipinski definition) is 10. The molecule has 4 saturated carbocycles. The highest BCUT2D eigenvalue weighted by atomic mass is 16.7. The van der Waals surface area contributed by atoms with E-state index in [4.69, 9.17) is 18.9 Å².